The molecule has 1 aromatic rings. The maximum atomic E-state index is 12.1. The molecule has 1 amide bonds. The molecule has 1 aliphatic heterocycles. The van der Waals surface area contributed by atoms with Crippen molar-refractivity contribution in [1.29, 1.82) is 0 Å². The molecular formula is C17H23NO. The highest BCUT2D eigenvalue weighted by molar-refractivity contribution is 5.91. The summed E-state index contributed by atoms with van der Waals surface area (Å²) in [6.07, 6.45) is 5.88. The number of hydrogen-bond acceptors (Lipinski definition) is 1. The van der Waals surface area contributed by atoms with Crippen molar-refractivity contribution >= 4 is 12.0 Å². The molecule has 1 saturated heterocycles. The number of hydrogen-bond donors (Lipinski definition) is 0. The zero-order valence-corrected chi connectivity index (χ0v) is 11.9. The Bertz CT molecular complexity index is 428. The molecule has 0 bridgehead atoms. The van der Waals surface area contributed by atoms with Crippen LogP contribution in [-0.4, -0.2) is 23.9 Å². The first-order chi connectivity index (χ1) is 9.16. The van der Waals surface area contributed by atoms with Gasteiger partial charge in [-0.3, -0.25) is 4.79 Å². The quantitative estimate of drug-likeness (QED) is 0.758. The molecule has 1 aliphatic rings. The van der Waals surface area contributed by atoms with Gasteiger partial charge in [0.25, 0.3) is 0 Å². The van der Waals surface area contributed by atoms with Gasteiger partial charge in [0.15, 0.2) is 0 Å². The van der Waals surface area contributed by atoms with Crippen LogP contribution in [0, 0.1) is 11.8 Å². The van der Waals surface area contributed by atoms with Gasteiger partial charge >= 0.3 is 0 Å². The number of nitrogens with zero attached hydrogens (tertiary/aromatic N) is 1. The minimum Gasteiger partial charge on any atom is -0.339 e. The molecule has 1 aromatic carbocycles. The Hall–Kier alpha value is -1.57. The smallest absolute Gasteiger partial charge is 0.246 e. The number of rotatable bonds is 3. The second kappa shape index (κ2) is 6.55. The largest absolute Gasteiger partial charge is 0.339 e. The summed E-state index contributed by atoms with van der Waals surface area (Å²) in [4.78, 5) is 14.1. The summed E-state index contributed by atoms with van der Waals surface area (Å²) in [6, 6.07) is 9.97. The Balaban J connectivity index is 1.86. The third kappa shape index (κ3) is 3.95. The van der Waals surface area contributed by atoms with E-state index in [1.165, 1.54) is 0 Å². The molecule has 2 nitrogen and oxygen atoms in total. The predicted molar refractivity (Wildman–Crippen MR) is 79.6 cm³/mol. The Morgan fingerprint density at radius 1 is 1.21 bits per heavy atom. The Morgan fingerprint density at radius 3 is 2.42 bits per heavy atom. The molecule has 0 atom stereocenters. The van der Waals surface area contributed by atoms with Gasteiger partial charge in [-0.2, -0.15) is 0 Å². The van der Waals surface area contributed by atoms with Gasteiger partial charge in [-0.1, -0.05) is 44.2 Å². The van der Waals surface area contributed by atoms with Crippen molar-refractivity contribution < 1.29 is 4.79 Å². The molecular weight excluding hydrogens is 234 g/mol. The lowest BCUT2D eigenvalue weighted by atomic mass is 9.87. The van der Waals surface area contributed by atoms with Gasteiger partial charge in [0, 0.05) is 19.2 Å². The van der Waals surface area contributed by atoms with Crippen molar-refractivity contribution in [2.45, 2.75) is 26.7 Å². The summed E-state index contributed by atoms with van der Waals surface area (Å²) in [5, 5.41) is 0. The minimum absolute atomic E-state index is 0.144. The maximum Gasteiger partial charge on any atom is 0.246 e. The first-order valence-electron chi connectivity index (χ1n) is 7.19. The third-order valence-electron chi connectivity index (χ3n) is 4.01. The summed E-state index contributed by atoms with van der Waals surface area (Å²) in [5.74, 6) is 1.66. The van der Waals surface area contributed by atoms with E-state index in [1.54, 1.807) is 6.08 Å². The van der Waals surface area contributed by atoms with Gasteiger partial charge in [0.1, 0.15) is 0 Å². The number of carbonyl (C=O) groups excluding carboxylic acids is 1. The number of benzene rings is 1. The van der Waals surface area contributed by atoms with Crippen LogP contribution in [-0.2, 0) is 4.79 Å². The van der Waals surface area contributed by atoms with Crippen molar-refractivity contribution in [3.05, 3.63) is 42.0 Å². The molecule has 0 radical (unpaired) electrons. The van der Waals surface area contributed by atoms with E-state index in [9.17, 15) is 4.79 Å². The summed E-state index contributed by atoms with van der Waals surface area (Å²) in [7, 11) is 0. The first kappa shape index (κ1) is 13.9. The van der Waals surface area contributed by atoms with Crippen LogP contribution in [0.3, 0.4) is 0 Å². The highest BCUT2D eigenvalue weighted by atomic mass is 16.2. The normalized spacial score (nSPS) is 17.3. The average Bonchev–Trinajstić information content (AvgIpc) is 2.46. The fourth-order valence-corrected chi connectivity index (χ4v) is 2.62. The summed E-state index contributed by atoms with van der Waals surface area (Å²) in [6.45, 7) is 6.36. The zero-order chi connectivity index (χ0) is 13.7. The predicted octanol–water partition coefficient (Wildman–Crippen LogP) is 3.59. The van der Waals surface area contributed by atoms with Crippen LogP contribution in [0.4, 0.5) is 0 Å². The Kier molecular flexibility index (Phi) is 4.78. The van der Waals surface area contributed by atoms with Gasteiger partial charge in [-0.15, -0.1) is 0 Å². The molecule has 2 heteroatoms. The van der Waals surface area contributed by atoms with E-state index >= 15 is 0 Å². The Labute approximate surface area is 116 Å². The van der Waals surface area contributed by atoms with Crippen molar-refractivity contribution in [3.8, 4) is 0 Å². The summed E-state index contributed by atoms with van der Waals surface area (Å²) >= 11 is 0. The van der Waals surface area contributed by atoms with Gasteiger partial charge in [-0.25, -0.2) is 0 Å². The van der Waals surface area contributed by atoms with Crippen LogP contribution < -0.4 is 0 Å². The number of likely N-dealkylation sites (tertiary alicyclic amines) is 1. The van der Waals surface area contributed by atoms with Gasteiger partial charge in [-0.05, 0) is 36.3 Å². The standard InChI is InChI=1S/C17H23NO/c1-14(2)16-10-12-18(13-11-16)17(19)9-8-15-6-4-3-5-7-15/h3-9,14,16H,10-13H2,1-2H3/b9-8+. The fraction of sp³-hybridized carbons (Fsp3) is 0.471. The fourth-order valence-electron chi connectivity index (χ4n) is 2.62. The topological polar surface area (TPSA) is 20.3 Å². The number of amides is 1. The van der Waals surface area contributed by atoms with E-state index in [1.807, 2.05) is 41.3 Å². The van der Waals surface area contributed by atoms with Crippen molar-refractivity contribution in [3.63, 3.8) is 0 Å². The summed E-state index contributed by atoms with van der Waals surface area (Å²) < 4.78 is 0. The molecule has 0 saturated carbocycles. The van der Waals surface area contributed by atoms with Crippen molar-refractivity contribution in [1.82, 2.24) is 4.90 Å². The molecule has 2 rings (SSSR count). The van der Waals surface area contributed by atoms with Gasteiger partial charge in [0.2, 0.25) is 5.91 Å². The van der Waals surface area contributed by atoms with E-state index in [-0.39, 0.29) is 5.91 Å². The average molecular weight is 257 g/mol. The lowest BCUT2D eigenvalue weighted by Gasteiger charge is -2.33. The van der Waals surface area contributed by atoms with Crippen molar-refractivity contribution in [2.75, 3.05) is 13.1 Å². The lowest BCUT2D eigenvalue weighted by Crippen LogP contribution is -2.38. The van der Waals surface area contributed by atoms with Crippen LogP contribution in [0.2, 0.25) is 0 Å². The minimum atomic E-state index is 0.144. The second-order valence-electron chi connectivity index (χ2n) is 5.65. The van der Waals surface area contributed by atoms with E-state index < -0.39 is 0 Å². The van der Waals surface area contributed by atoms with E-state index in [0.29, 0.717) is 0 Å². The van der Waals surface area contributed by atoms with Crippen molar-refractivity contribution in [2.24, 2.45) is 11.8 Å². The molecule has 0 unspecified atom stereocenters. The SMILES string of the molecule is CC(C)C1CCN(C(=O)/C=C/c2ccccc2)CC1. The van der Waals surface area contributed by atoms with E-state index in [0.717, 1.165) is 43.3 Å². The maximum absolute atomic E-state index is 12.1. The van der Waals surface area contributed by atoms with E-state index in [4.69, 9.17) is 0 Å². The number of piperidine rings is 1. The van der Waals surface area contributed by atoms with Crippen LogP contribution in [0.25, 0.3) is 6.08 Å². The zero-order valence-electron chi connectivity index (χ0n) is 11.9. The van der Waals surface area contributed by atoms with Crippen LogP contribution in [0.15, 0.2) is 36.4 Å². The van der Waals surface area contributed by atoms with Crippen LogP contribution in [0.5, 0.6) is 0 Å². The molecule has 0 N–H and O–H groups in total. The van der Waals surface area contributed by atoms with Crippen LogP contribution in [0.1, 0.15) is 32.3 Å². The van der Waals surface area contributed by atoms with Gasteiger partial charge < -0.3 is 4.90 Å². The molecule has 0 aromatic heterocycles. The third-order valence-corrected chi connectivity index (χ3v) is 4.01. The highest BCUT2D eigenvalue weighted by Gasteiger charge is 2.23. The summed E-state index contributed by atoms with van der Waals surface area (Å²) in [5.41, 5.74) is 1.08. The monoisotopic (exact) mass is 257 g/mol. The molecule has 0 aliphatic carbocycles. The molecule has 1 fully saturated rings. The van der Waals surface area contributed by atoms with Crippen LogP contribution >= 0.6 is 0 Å². The van der Waals surface area contributed by atoms with Gasteiger partial charge in [0.05, 0.1) is 0 Å². The first-order valence-corrected chi connectivity index (χ1v) is 7.19. The molecule has 102 valence electrons. The second-order valence-corrected chi connectivity index (χ2v) is 5.65. The van der Waals surface area contributed by atoms with E-state index in [2.05, 4.69) is 13.8 Å². The molecule has 0 spiro atoms. The number of carbonyl (C=O) groups is 1. The Morgan fingerprint density at radius 2 is 1.84 bits per heavy atom. The lowest BCUT2D eigenvalue weighted by molar-refractivity contribution is -0.127. The molecule has 19 heavy (non-hydrogen) atoms. The molecule has 1 heterocycles. The highest BCUT2D eigenvalue weighted by Crippen LogP contribution is 2.24.